The van der Waals surface area contributed by atoms with Gasteiger partial charge in [-0.3, -0.25) is 9.69 Å². The Morgan fingerprint density at radius 1 is 1.48 bits per heavy atom. The van der Waals surface area contributed by atoms with Crippen molar-refractivity contribution in [3.8, 4) is 6.07 Å². The van der Waals surface area contributed by atoms with Gasteiger partial charge in [0, 0.05) is 19.0 Å². The molecule has 1 N–H and O–H groups in total. The van der Waals surface area contributed by atoms with E-state index in [2.05, 4.69) is 15.2 Å². The van der Waals surface area contributed by atoms with Crippen LogP contribution < -0.4 is 5.32 Å². The molecule has 1 saturated heterocycles. The first-order chi connectivity index (χ1) is 11.3. The maximum absolute atomic E-state index is 11.9. The summed E-state index contributed by atoms with van der Waals surface area (Å²) in [7, 11) is 0. The largest absolute Gasteiger partial charge is 0.440 e. The van der Waals surface area contributed by atoms with Gasteiger partial charge < -0.3 is 9.73 Å². The van der Waals surface area contributed by atoms with Gasteiger partial charge in [-0.05, 0) is 31.5 Å². The first-order valence-corrected chi connectivity index (χ1v) is 7.98. The Morgan fingerprint density at radius 3 is 3.17 bits per heavy atom. The van der Waals surface area contributed by atoms with Crippen LogP contribution in [0.1, 0.15) is 31.1 Å². The van der Waals surface area contributed by atoms with E-state index in [9.17, 15) is 4.79 Å². The Hall–Kier alpha value is -2.39. The number of piperidine rings is 1. The molecule has 0 spiro atoms. The predicted octanol–water partition coefficient (Wildman–Crippen LogP) is 2.04. The summed E-state index contributed by atoms with van der Waals surface area (Å²) < 4.78 is 5.87. The van der Waals surface area contributed by atoms with E-state index in [0.717, 1.165) is 42.9 Å². The van der Waals surface area contributed by atoms with Crippen LogP contribution in [0.5, 0.6) is 0 Å². The molecule has 6 nitrogen and oxygen atoms in total. The second-order valence-electron chi connectivity index (χ2n) is 5.85. The molecule has 0 saturated carbocycles. The number of carbonyl (C=O) groups is 1. The molecule has 3 rings (SSSR count). The Labute approximate surface area is 135 Å². The van der Waals surface area contributed by atoms with Crippen LogP contribution in [0.4, 0.5) is 0 Å². The second kappa shape index (κ2) is 7.25. The lowest BCUT2D eigenvalue weighted by Gasteiger charge is -2.30. The zero-order chi connectivity index (χ0) is 16.1. The summed E-state index contributed by atoms with van der Waals surface area (Å²) in [6.07, 6.45) is 2.39. The Bertz CT molecular complexity index is 686. The van der Waals surface area contributed by atoms with Crippen molar-refractivity contribution in [1.29, 1.82) is 5.26 Å². The number of likely N-dealkylation sites (tertiary alicyclic amines) is 1. The number of carbonyl (C=O) groups excluding carboxylic acids is 1. The van der Waals surface area contributed by atoms with Crippen molar-refractivity contribution in [3.63, 3.8) is 0 Å². The first kappa shape index (κ1) is 15.5. The minimum Gasteiger partial charge on any atom is -0.440 e. The molecule has 1 aromatic heterocycles. The van der Waals surface area contributed by atoms with Gasteiger partial charge in [0.1, 0.15) is 5.52 Å². The Balaban J connectivity index is 1.59. The van der Waals surface area contributed by atoms with Gasteiger partial charge in [-0.15, -0.1) is 0 Å². The number of nitrogens with one attached hydrogen (secondary N) is 1. The monoisotopic (exact) mass is 312 g/mol. The molecule has 23 heavy (non-hydrogen) atoms. The first-order valence-electron chi connectivity index (χ1n) is 7.98. The fraction of sp³-hybridized carbons (Fsp3) is 0.471. The number of rotatable bonds is 5. The highest BCUT2D eigenvalue weighted by molar-refractivity contribution is 5.78. The smallest absolute Gasteiger partial charge is 0.234 e. The van der Waals surface area contributed by atoms with E-state index in [1.807, 2.05) is 30.3 Å². The van der Waals surface area contributed by atoms with Crippen molar-refractivity contribution in [1.82, 2.24) is 15.2 Å². The number of benzene rings is 1. The van der Waals surface area contributed by atoms with Crippen molar-refractivity contribution >= 4 is 17.0 Å². The van der Waals surface area contributed by atoms with Crippen molar-refractivity contribution in [2.45, 2.75) is 25.2 Å². The molecule has 6 heteroatoms. The average molecular weight is 312 g/mol. The number of aromatic nitrogens is 1. The molecule has 1 aliphatic rings. The third-order valence-corrected chi connectivity index (χ3v) is 4.09. The number of amides is 1. The van der Waals surface area contributed by atoms with Crippen molar-refractivity contribution in [3.05, 3.63) is 30.2 Å². The zero-order valence-corrected chi connectivity index (χ0v) is 13.0. The highest BCUT2D eigenvalue weighted by Crippen LogP contribution is 2.28. The van der Waals surface area contributed by atoms with Crippen molar-refractivity contribution in [2.75, 3.05) is 26.2 Å². The molecule has 2 aromatic rings. The molecule has 1 amide bonds. The van der Waals surface area contributed by atoms with E-state index in [-0.39, 0.29) is 11.8 Å². The fourth-order valence-corrected chi connectivity index (χ4v) is 2.98. The predicted molar refractivity (Wildman–Crippen MR) is 85.7 cm³/mol. The lowest BCUT2D eigenvalue weighted by molar-refractivity contribution is -0.122. The molecule has 0 bridgehead atoms. The average Bonchev–Trinajstić information content (AvgIpc) is 2.99. The summed E-state index contributed by atoms with van der Waals surface area (Å²) in [6, 6.07) is 9.79. The number of hydrogen-bond acceptors (Lipinski definition) is 5. The highest BCUT2D eigenvalue weighted by Gasteiger charge is 2.26. The number of para-hydroxylation sites is 2. The second-order valence-corrected chi connectivity index (χ2v) is 5.85. The molecular weight excluding hydrogens is 292 g/mol. The van der Waals surface area contributed by atoms with Gasteiger partial charge in [-0.2, -0.15) is 5.26 Å². The molecule has 0 aliphatic carbocycles. The molecule has 120 valence electrons. The van der Waals surface area contributed by atoms with Crippen LogP contribution in [0.2, 0.25) is 0 Å². The van der Waals surface area contributed by atoms with Gasteiger partial charge in [0.15, 0.2) is 11.5 Å². The summed E-state index contributed by atoms with van der Waals surface area (Å²) in [5.74, 6) is 0.960. The third-order valence-electron chi connectivity index (χ3n) is 4.09. The normalized spacial score (nSPS) is 18.7. The van der Waals surface area contributed by atoms with Crippen LogP contribution in [-0.4, -0.2) is 42.0 Å². The van der Waals surface area contributed by atoms with Crippen LogP contribution >= 0.6 is 0 Å². The summed E-state index contributed by atoms with van der Waals surface area (Å²) in [4.78, 5) is 18.6. The maximum Gasteiger partial charge on any atom is 0.234 e. The molecule has 1 aliphatic heterocycles. The third kappa shape index (κ3) is 3.88. The van der Waals surface area contributed by atoms with Gasteiger partial charge in [0.2, 0.25) is 5.91 Å². The van der Waals surface area contributed by atoms with Crippen molar-refractivity contribution in [2.24, 2.45) is 0 Å². The Kier molecular flexibility index (Phi) is 4.89. The minimum absolute atomic E-state index is 0.0292. The molecule has 0 radical (unpaired) electrons. The minimum atomic E-state index is -0.0292. The van der Waals surface area contributed by atoms with E-state index in [0.29, 0.717) is 19.5 Å². The quantitative estimate of drug-likeness (QED) is 0.854. The number of fused-ring (bicyclic) bond motifs is 1. The van der Waals surface area contributed by atoms with E-state index in [4.69, 9.17) is 9.68 Å². The van der Waals surface area contributed by atoms with Crippen LogP contribution in [-0.2, 0) is 4.79 Å². The standard InChI is InChI=1S/C17H20N4O2/c18-8-4-9-19-16(22)12-21-10-3-5-13(11-21)17-20-14-6-1-2-7-15(14)23-17/h1-2,6-7,13H,3-5,9-12H2,(H,19,22)/t13-/m0/s1. The number of nitrogens with zero attached hydrogens (tertiary/aromatic N) is 3. The molecule has 0 unspecified atom stereocenters. The number of oxazole rings is 1. The van der Waals surface area contributed by atoms with Crippen LogP contribution in [0.15, 0.2) is 28.7 Å². The van der Waals surface area contributed by atoms with Gasteiger partial charge in [-0.1, -0.05) is 12.1 Å². The SMILES string of the molecule is N#CCCNC(=O)CN1CCC[C@H](c2nc3ccccc3o2)C1. The summed E-state index contributed by atoms with van der Waals surface area (Å²) in [5.41, 5.74) is 1.70. The number of hydrogen-bond donors (Lipinski definition) is 1. The van der Waals surface area contributed by atoms with Crippen LogP contribution in [0.3, 0.4) is 0 Å². The van der Waals surface area contributed by atoms with Gasteiger partial charge in [0.05, 0.1) is 19.0 Å². The van der Waals surface area contributed by atoms with Crippen molar-refractivity contribution < 1.29 is 9.21 Å². The van der Waals surface area contributed by atoms with E-state index in [1.165, 1.54) is 0 Å². The Morgan fingerprint density at radius 2 is 2.35 bits per heavy atom. The van der Waals surface area contributed by atoms with Crippen LogP contribution in [0, 0.1) is 11.3 Å². The van der Waals surface area contributed by atoms with Gasteiger partial charge >= 0.3 is 0 Å². The molecule has 1 aromatic carbocycles. The molecule has 1 atom stereocenters. The maximum atomic E-state index is 11.9. The van der Waals surface area contributed by atoms with E-state index < -0.39 is 0 Å². The zero-order valence-electron chi connectivity index (χ0n) is 13.0. The molecular formula is C17H20N4O2. The summed E-state index contributed by atoms with van der Waals surface area (Å²) in [6.45, 7) is 2.46. The van der Waals surface area contributed by atoms with Gasteiger partial charge in [0.25, 0.3) is 0 Å². The summed E-state index contributed by atoms with van der Waals surface area (Å²) in [5, 5.41) is 11.3. The van der Waals surface area contributed by atoms with Crippen LogP contribution in [0.25, 0.3) is 11.1 Å². The van der Waals surface area contributed by atoms with E-state index >= 15 is 0 Å². The summed E-state index contributed by atoms with van der Waals surface area (Å²) >= 11 is 0. The lowest BCUT2D eigenvalue weighted by Crippen LogP contribution is -2.42. The lowest BCUT2D eigenvalue weighted by atomic mass is 9.98. The van der Waals surface area contributed by atoms with E-state index in [1.54, 1.807) is 0 Å². The van der Waals surface area contributed by atoms with Gasteiger partial charge in [-0.25, -0.2) is 4.98 Å². The number of nitriles is 1. The highest BCUT2D eigenvalue weighted by atomic mass is 16.3. The topological polar surface area (TPSA) is 82.2 Å². The fourth-order valence-electron chi connectivity index (χ4n) is 2.98. The molecule has 2 heterocycles. The molecule has 1 fully saturated rings.